The number of H-pyrrole nitrogens is 2. The summed E-state index contributed by atoms with van der Waals surface area (Å²) >= 11 is 5.76. The van der Waals surface area contributed by atoms with Gasteiger partial charge in [-0.2, -0.15) is 10.1 Å². The highest BCUT2D eigenvalue weighted by Gasteiger charge is 2.18. The van der Waals surface area contributed by atoms with Crippen LogP contribution in [-0.2, 0) is 6.54 Å². The number of halogens is 2. The lowest BCUT2D eigenvalue weighted by molar-refractivity contribution is 0.312. The lowest BCUT2D eigenvalue weighted by atomic mass is 10.2. The van der Waals surface area contributed by atoms with Crippen LogP contribution in [0.5, 0.6) is 0 Å². The van der Waals surface area contributed by atoms with E-state index in [9.17, 15) is 9.60 Å². The van der Waals surface area contributed by atoms with Crippen molar-refractivity contribution in [2.75, 3.05) is 10.4 Å². The van der Waals surface area contributed by atoms with E-state index in [0.29, 0.717) is 34.3 Å². The van der Waals surface area contributed by atoms with E-state index in [2.05, 4.69) is 30.5 Å². The number of aromatic nitrogens is 5. The molecule has 4 rings (SSSR count). The van der Waals surface area contributed by atoms with Crippen LogP contribution >= 0.6 is 11.6 Å². The van der Waals surface area contributed by atoms with Gasteiger partial charge in [0, 0.05) is 18.0 Å². The number of aromatic amines is 2. The van der Waals surface area contributed by atoms with E-state index in [1.165, 1.54) is 18.3 Å². The van der Waals surface area contributed by atoms with E-state index in [-0.39, 0.29) is 16.5 Å². The van der Waals surface area contributed by atoms with Gasteiger partial charge in [-0.15, -0.1) is 0 Å². The largest absolute Gasteiger partial charge is 0.350 e. The maximum absolute atomic E-state index is 13.4. The third-order valence-corrected chi connectivity index (χ3v) is 4.30. The molecule has 1 aromatic carbocycles. The minimum absolute atomic E-state index is 0.151. The van der Waals surface area contributed by atoms with Crippen LogP contribution < -0.4 is 10.4 Å². The quantitative estimate of drug-likeness (QED) is 0.198. The molecule has 3 aromatic heterocycles. The first-order valence-electron chi connectivity index (χ1n) is 8.13. The molecule has 0 spiro atoms. The summed E-state index contributed by atoms with van der Waals surface area (Å²) in [4.78, 5) is 11.6. The molecule has 0 aliphatic rings. The zero-order chi connectivity index (χ0) is 19.7. The average Bonchev–Trinajstić information content (AvgIpc) is 3.36. The van der Waals surface area contributed by atoms with Crippen molar-refractivity contribution < 1.29 is 9.60 Å². The highest BCUT2D eigenvalue weighted by atomic mass is 35.5. The SMILES string of the molecule is N=C(c1ccnc2nc(NCc3ccn[nH]3)[nH]c12)N(O)c1ccc(F)c(Cl)c1. The topological polar surface area (TPSA) is 130 Å². The third-order valence-electron chi connectivity index (χ3n) is 4.01. The minimum Gasteiger partial charge on any atom is -0.350 e. The van der Waals surface area contributed by atoms with Crippen molar-refractivity contribution in [3.63, 3.8) is 0 Å². The molecular weight excluding hydrogens is 387 g/mol. The molecule has 0 fully saturated rings. The Morgan fingerprint density at radius 1 is 1.29 bits per heavy atom. The monoisotopic (exact) mass is 400 g/mol. The molecule has 0 unspecified atom stereocenters. The van der Waals surface area contributed by atoms with Crippen molar-refractivity contribution in [1.29, 1.82) is 5.41 Å². The predicted octanol–water partition coefficient (Wildman–Crippen LogP) is 3.31. The van der Waals surface area contributed by atoms with E-state index in [0.717, 1.165) is 11.8 Å². The summed E-state index contributed by atoms with van der Waals surface area (Å²) in [6.07, 6.45) is 3.13. The molecule has 0 aliphatic heterocycles. The normalized spacial score (nSPS) is 11.0. The summed E-state index contributed by atoms with van der Waals surface area (Å²) < 4.78 is 13.4. The van der Waals surface area contributed by atoms with E-state index in [4.69, 9.17) is 17.0 Å². The van der Waals surface area contributed by atoms with Gasteiger partial charge in [0.2, 0.25) is 5.95 Å². The molecule has 9 nitrogen and oxygen atoms in total. The summed E-state index contributed by atoms with van der Waals surface area (Å²) in [6, 6.07) is 7.05. The van der Waals surface area contributed by atoms with Crippen LogP contribution in [0.3, 0.4) is 0 Å². The van der Waals surface area contributed by atoms with Gasteiger partial charge in [-0.05, 0) is 30.3 Å². The molecule has 0 saturated heterocycles. The first-order chi connectivity index (χ1) is 13.5. The van der Waals surface area contributed by atoms with Crippen molar-refractivity contribution in [2.45, 2.75) is 6.54 Å². The summed E-state index contributed by atoms with van der Waals surface area (Å²) in [7, 11) is 0. The summed E-state index contributed by atoms with van der Waals surface area (Å²) in [5, 5.41) is 29.0. The van der Waals surface area contributed by atoms with Gasteiger partial charge in [0.05, 0.1) is 28.5 Å². The number of nitrogens with one attached hydrogen (secondary N) is 4. The molecule has 0 radical (unpaired) electrons. The number of fused-ring (bicyclic) bond motifs is 1. The number of benzene rings is 1. The molecule has 142 valence electrons. The maximum atomic E-state index is 13.4. The fourth-order valence-electron chi connectivity index (χ4n) is 2.61. The number of nitrogens with zero attached hydrogens (tertiary/aromatic N) is 4. The molecule has 0 amide bonds. The van der Waals surface area contributed by atoms with Crippen molar-refractivity contribution in [2.24, 2.45) is 0 Å². The summed E-state index contributed by atoms with van der Waals surface area (Å²) in [6.45, 7) is 0.465. The molecule has 0 aliphatic carbocycles. The van der Waals surface area contributed by atoms with Gasteiger partial charge >= 0.3 is 0 Å². The van der Waals surface area contributed by atoms with Crippen molar-refractivity contribution in [3.8, 4) is 0 Å². The van der Waals surface area contributed by atoms with Gasteiger partial charge < -0.3 is 10.3 Å². The lowest BCUT2D eigenvalue weighted by Crippen LogP contribution is -2.27. The first kappa shape index (κ1) is 17.9. The summed E-state index contributed by atoms with van der Waals surface area (Å²) in [5.74, 6) is -0.413. The van der Waals surface area contributed by atoms with Crippen LogP contribution in [0.25, 0.3) is 11.2 Å². The van der Waals surface area contributed by atoms with Crippen LogP contribution in [0.4, 0.5) is 16.0 Å². The van der Waals surface area contributed by atoms with E-state index >= 15 is 0 Å². The molecule has 11 heteroatoms. The van der Waals surface area contributed by atoms with Crippen molar-refractivity contribution >= 4 is 40.2 Å². The summed E-state index contributed by atoms with van der Waals surface area (Å²) in [5.41, 5.74) is 2.22. The highest BCUT2D eigenvalue weighted by Crippen LogP contribution is 2.25. The second kappa shape index (κ2) is 7.25. The van der Waals surface area contributed by atoms with Gasteiger partial charge in [-0.1, -0.05) is 11.6 Å². The highest BCUT2D eigenvalue weighted by molar-refractivity contribution is 6.31. The zero-order valence-corrected chi connectivity index (χ0v) is 15.0. The second-order valence-corrected chi connectivity index (χ2v) is 6.24. The van der Waals surface area contributed by atoms with Gasteiger partial charge in [-0.25, -0.2) is 14.4 Å². The van der Waals surface area contributed by atoms with Crippen LogP contribution in [-0.4, -0.2) is 36.2 Å². The van der Waals surface area contributed by atoms with E-state index in [1.807, 2.05) is 6.07 Å². The van der Waals surface area contributed by atoms with E-state index in [1.54, 1.807) is 12.3 Å². The van der Waals surface area contributed by atoms with Crippen LogP contribution in [0, 0.1) is 11.2 Å². The van der Waals surface area contributed by atoms with Gasteiger partial charge in [-0.3, -0.25) is 15.7 Å². The Labute approximate surface area is 162 Å². The minimum atomic E-state index is -0.613. The molecular formula is C17H14ClFN8O. The number of hydroxylamine groups is 1. The molecule has 3 heterocycles. The Hall–Kier alpha value is -3.50. The maximum Gasteiger partial charge on any atom is 0.203 e. The number of pyridine rings is 1. The Kier molecular flexibility index (Phi) is 4.63. The lowest BCUT2D eigenvalue weighted by Gasteiger charge is -2.18. The Bertz CT molecular complexity index is 1140. The number of imidazole rings is 1. The van der Waals surface area contributed by atoms with Gasteiger partial charge in [0.25, 0.3) is 0 Å². The van der Waals surface area contributed by atoms with Gasteiger partial charge in [0.15, 0.2) is 11.5 Å². The molecule has 5 N–H and O–H groups in total. The number of hydrogen-bond acceptors (Lipinski definition) is 6. The van der Waals surface area contributed by atoms with Crippen LogP contribution in [0.15, 0.2) is 42.7 Å². The Morgan fingerprint density at radius 3 is 2.89 bits per heavy atom. The number of amidine groups is 1. The van der Waals surface area contributed by atoms with Crippen LogP contribution in [0.1, 0.15) is 11.3 Å². The second-order valence-electron chi connectivity index (χ2n) is 5.84. The predicted molar refractivity (Wildman–Crippen MR) is 102 cm³/mol. The molecule has 4 aromatic rings. The molecule has 0 saturated carbocycles. The smallest absolute Gasteiger partial charge is 0.203 e. The third kappa shape index (κ3) is 3.38. The first-order valence-corrected chi connectivity index (χ1v) is 8.50. The molecule has 0 bridgehead atoms. The van der Waals surface area contributed by atoms with Crippen molar-refractivity contribution in [3.05, 3.63) is 64.8 Å². The molecule has 28 heavy (non-hydrogen) atoms. The molecule has 0 atom stereocenters. The van der Waals surface area contributed by atoms with Gasteiger partial charge in [0.1, 0.15) is 5.82 Å². The van der Waals surface area contributed by atoms with Crippen LogP contribution in [0.2, 0.25) is 5.02 Å². The van der Waals surface area contributed by atoms with Crippen molar-refractivity contribution in [1.82, 2.24) is 25.1 Å². The standard InChI is InChI=1S/C17H14ClFN8O/c18-12-7-10(1-2-13(12)19)27(28)15(20)11-4-5-21-16-14(11)24-17(25-16)22-8-9-3-6-23-26-9/h1-7,20,28H,8H2,(H,23,26)(H2,21,22,24,25). The Morgan fingerprint density at radius 2 is 2.14 bits per heavy atom. The average molecular weight is 401 g/mol. The van der Waals surface area contributed by atoms with E-state index < -0.39 is 5.82 Å². The Balaban J connectivity index is 1.62. The number of rotatable bonds is 5. The fraction of sp³-hybridized carbons (Fsp3) is 0.0588. The fourth-order valence-corrected chi connectivity index (χ4v) is 2.79. The number of hydrogen-bond donors (Lipinski definition) is 5. The number of anilines is 2. The zero-order valence-electron chi connectivity index (χ0n) is 14.2.